The van der Waals surface area contributed by atoms with Crippen LogP contribution < -0.4 is 11.1 Å². The third-order valence-corrected chi connectivity index (χ3v) is 3.46. The number of rotatable bonds is 3. The van der Waals surface area contributed by atoms with E-state index in [1.54, 1.807) is 6.07 Å². The van der Waals surface area contributed by atoms with Crippen LogP contribution in [0.25, 0.3) is 11.0 Å². The molecule has 0 aliphatic carbocycles. The minimum atomic E-state index is -0.817. The van der Waals surface area contributed by atoms with E-state index in [2.05, 4.69) is 14.9 Å². The molecular formula is C12H13BrN4O4. The van der Waals surface area contributed by atoms with Crippen molar-refractivity contribution in [2.75, 3.05) is 13.1 Å². The lowest BCUT2D eigenvalue weighted by atomic mass is 10.1. The van der Waals surface area contributed by atoms with E-state index in [9.17, 15) is 19.7 Å². The Morgan fingerprint density at radius 2 is 1.71 bits per heavy atom. The maximum Gasteiger partial charge on any atom is 0.314 e. The number of H-pyrrole nitrogens is 2. The van der Waals surface area contributed by atoms with Crippen LogP contribution in [0.15, 0.2) is 21.7 Å². The summed E-state index contributed by atoms with van der Waals surface area (Å²) in [5.74, 6) is 0. The standard InChI is InChI=1S/C12H12N4O4.BrH/c17-11-12(18)14-9-5-10(16(19)20)7(4-8(9)13-11)6-15-2-1-3-15;/h4-5H,1-3,6H2,(H,13,17)(H,14,18);1H. The van der Waals surface area contributed by atoms with Gasteiger partial charge in [0.2, 0.25) is 0 Å². The van der Waals surface area contributed by atoms with Crippen molar-refractivity contribution in [2.24, 2.45) is 0 Å². The Bertz CT molecular complexity index is 809. The molecule has 0 spiro atoms. The van der Waals surface area contributed by atoms with Gasteiger partial charge in [0, 0.05) is 18.2 Å². The second-order valence-corrected chi connectivity index (χ2v) is 4.82. The quantitative estimate of drug-likeness (QED) is 0.482. The monoisotopic (exact) mass is 356 g/mol. The lowest BCUT2D eigenvalue weighted by Crippen LogP contribution is -2.36. The van der Waals surface area contributed by atoms with E-state index < -0.39 is 16.0 Å². The number of fused-ring (bicyclic) bond motifs is 1. The van der Waals surface area contributed by atoms with Crippen molar-refractivity contribution in [3.05, 3.63) is 48.5 Å². The minimum Gasteiger partial charge on any atom is -0.316 e. The van der Waals surface area contributed by atoms with Gasteiger partial charge in [-0.15, -0.1) is 17.0 Å². The number of nitrogens with zero attached hydrogens (tertiary/aromatic N) is 2. The van der Waals surface area contributed by atoms with Gasteiger partial charge in [0.15, 0.2) is 0 Å². The minimum absolute atomic E-state index is 0. The molecule has 21 heavy (non-hydrogen) atoms. The third kappa shape index (κ3) is 2.88. The summed E-state index contributed by atoms with van der Waals surface area (Å²) in [7, 11) is 0. The van der Waals surface area contributed by atoms with Crippen LogP contribution in [0, 0.1) is 10.1 Å². The van der Waals surface area contributed by atoms with Gasteiger partial charge in [0.25, 0.3) is 5.69 Å². The molecule has 0 amide bonds. The number of likely N-dealkylation sites (tertiary alicyclic amines) is 1. The lowest BCUT2D eigenvalue weighted by Gasteiger charge is -2.30. The molecule has 1 fully saturated rings. The van der Waals surface area contributed by atoms with Gasteiger partial charge in [-0.25, -0.2) is 0 Å². The van der Waals surface area contributed by atoms with Gasteiger partial charge in [-0.1, -0.05) is 0 Å². The second kappa shape index (κ2) is 5.78. The second-order valence-electron chi connectivity index (χ2n) is 4.82. The topological polar surface area (TPSA) is 112 Å². The van der Waals surface area contributed by atoms with Crippen molar-refractivity contribution < 1.29 is 4.92 Å². The van der Waals surface area contributed by atoms with Gasteiger partial charge in [-0.3, -0.25) is 24.6 Å². The van der Waals surface area contributed by atoms with Gasteiger partial charge >= 0.3 is 11.1 Å². The van der Waals surface area contributed by atoms with Crippen molar-refractivity contribution in [1.82, 2.24) is 14.9 Å². The summed E-state index contributed by atoms with van der Waals surface area (Å²) < 4.78 is 0. The number of aromatic amines is 2. The highest BCUT2D eigenvalue weighted by atomic mass is 79.9. The molecule has 2 N–H and O–H groups in total. The summed E-state index contributed by atoms with van der Waals surface area (Å²) in [5, 5.41) is 11.1. The predicted molar refractivity (Wildman–Crippen MR) is 82.1 cm³/mol. The van der Waals surface area contributed by atoms with E-state index in [-0.39, 0.29) is 28.2 Å². The van der Waals surface area contributed by atoms with Crippen molar-refractivity contribution in [2.45, 2.75) is 13.0 Å². The number of nitrogens with one attached hydrogen (secondary N) is 2. The van der Waals surface area contributed by atoms with Crippen LogP contribution in [0.4, 0.5) is 5.69 Å². The molecule has 0 saturated carbocycles. The molecule has 8 nitrogen and oxygen atoms in total. The summed E-state index contributed by atoms with van der Waals surface area (Å²) >= 11 is 0. The third-order valence-electron chi connectivity index (χ3n) is 3.46. The molecule has 0 bridgehead atoms. The van der Waals surface area contributed by atoms with Crippen LogP contribution in [0.1, 0.15) is 12.0 Å². The number of benzene rings is 1. The largest absolute Gasteiger partial charge is 0.316 e. The first-order valence-electron chi connectivity index (χ1n) is 6.20. The van der Waals surface area contributed by atoms with Crippen LogP contribution >= 0.6 is 17.0 Å². The molecule has 112 valence electrons. The summed E-state index contributed by atoms with van der Waals surface area (Å²) in [6.07, 6.45) is 1.09. The zero-order valence-electron chi connectivity index (χ0n) is 10.9. The molecule has 1 aliphatic heterocycles. The Labute approximate surface area is 128 Å². The predicted octanol–water partition coefficient (Wildman–Crippen LogP) is 0.908. The molecule has 1 aromatic carbocycles. The van der Waals surface area contributed by atoms with Crippen LogP contribution in [0.3, 0.4) is 0 Å². The van der Waals surface area contributed by atoms with E-state index in [0.29, 0.717) is 17.6 Å². The van der Waals surface area contributed by atoms with E-state index in [1.165, 1.54) is 6.07 Å². The molecule has 2 heterocycles. The van der Waals surface area contributed by atoms with Crippen LogP contribution in [-0.4, -0.2) is 32.9 Å². The average molecular weight is 357 g/mol. The average Bonchev–Trinajstić information content (AvgIpc) is 2.34. The maximum atomic E-state index is 11.3. The van der Waals surface area contributed by atoms with Gasteiger partial charge in [-0.2, -0.15) is 0 Å². The zero-order chi connectivity index (χ0) is 14.3. The first kappa shape index (κ1) is 15.4. The molecule has 3 rings (SSSR count). The first-order chi connectivity index (χ1) is 9.54. The molecule has 0 atom stereocenters. The van der Waals surface area contributed by atoms with E-state index in [1.807, 2.05) is 0 Å². The number of nitro groups is 1. The summed E-state index contributed by atoms with van der Waals surface area (Å²) in [5.41, 5.74) is -0.440. The van der Waals surface area contributed by atoms with Gasteiger partial charge in [-0.05, 0) is 25.6 Å². The lowest BCUT2D eigenvalue weighted by molar-refractivity contribution is -0.385. The summed E-state index contributed by atoms with van der Waals surface area (Å²) in [4.78, 5) is 40.1. The molecule has 9 heteroatoms. The van der Waals surface area contributed by atoms with Gasteiger partial charge in [0.05, 0.1) is 16.0 Å². The molecule has 0 unspecified atom stereocenters. The summed E-state index contributed by atoms with van der Waals surface area (Å²) in [6, 6.07) is 2.85. The SMILES string of the molecule is Br.O=c1[nH]c2cc(CN3CCC3)c([N+](=O)[O-])cc2[nH]c1=O. The maximum absolute atomic E-state index is 11.3. The zero-order valence-corrected chi connectivity index (χ0v) is 12.6. The number of hydrogen-bond donors (Lipinski definition) is 2. The number of halogens is 1. The highest BCUT2D eigenvalue weighted by molar-refractivity contribution is 8.93. The van der Waals surface area contributed by atoms with Crippen LogP contribution in [0.2, 0.25) is 0 Å². The summed E-state index contributed by atoms with van der Waals surface area (Å²) in [6.45, 7) is 2.29. The van der Waals surface area contributed by atoms with Crippen molar-refractivity contribution in [1.29, 1.82) is 0 Å². The normalized spacial score (nSPS) is 14.5. The molecular weight excluding hydrogens is 344 g/mol. The Kier molecular flexibility index (Phi) is 4.24. The molecule has 1 aromatic heterocycles. The fourth-order valence-electron chi connectivity index (χ4n) is 2.28. The van der Waals surface area contributed by atoms with Crippen molar-refractivity contribution >= 4 is 33.7 Å². The number of aromatic nitrogens is 2. The Balaban J connectivity index is 0.00000161. The Morgan fingerprint density at radius 1 is 1.14 bits per heavy atom. The van der Waals surface area contributed by atoms with Gasteiger partial charge < -0.3 is 9.97 Å². The number of nitro benzene ring substituents is 1. The Hall–Kier alpha value is -2.00. The van der Waals surface area contributed by atoms with Crippen molar-refractivity contribution in [3.8, 4) is 0 Å². The fraction of sp³-hybridized carbons (Fsp3) is 0.333. The fourth-order valence-corrected chi connectivity index (χ4v) is 2.28. The van der Waals surface area contributed by atoms with Crippen LogP contribution in [-0.2, 0) is 6.54 Å². The van der Waals surface area contributed by atoms with Crippen molar-refractivity contribution in [3.63, 3.8) is 0 Å². The molecule has 1 saturated heterocycles. The van der Waals surface area contributed by atoms with E-state index in [4.69, 9.17) is 0 Å². The van der Waals surface area contributed by atoms with E-state index >= 15 is 0 Å². The molecule has 0 radical (unpaired) electrons. The highest BCUT2D eigenvalue weighted by Crippen LogP contribution is 2.25. The Morgan fingerprint density at radius 3 is 2.19 bits per heavy atom. The highest BCUT2D eigenvalue weighted by Gasteiger charge is 2.21. The van der Waals surface area contributed by atoms with Crippen LogP contribution in [0.5, 0.6) is 0 Å². The van der Waals surface area contributed by atoms with Gasteiger partial charge in [0.1, 0.15) is 0 Å². The molecule has 2 aromatic rings. The smallest absolute Gasteiger partial charge is 0.314 e. The molecule has 1 aliphatic rings. The van der Waals surface area contributed by atoms with E-state index in [0.717, 1.165) is 19.5 Å². The first-order valence-corrected chi connectivity index (χ1v) is 6.20. The number of hydrogen-bond acceptors (Lipinski definition) is 5.